The standard InChI is InChI=1S/C28H31F2N3O6/c1-28(2,3)21-8-5-17(12-22(21)38-15-23(29)30)31-27(36)26-20-7-6-18(37-4)11-16(20)9-10-33(26)25(35)14-19-13-24(34)32-39-19/h5-8,11-13,23,26H,9-10,14-15H2,1-4H3,(H,31,36)(H,32,34). The van der Waals surface area contributed by atoms with Crippen LogP contribution in [0.2, 0.25) is 0 Å². The zero-order valence-electron chi connectivity index (χ0n) is 22.2. The van der Waals surface area contributed by atoms with Gasteiger partial charge in [-0.15, -0.1) is 0 Å². The normalized spacial score (nSPS) is 15.2. The molecule has 1 aliphatic heterocycles. The maximum atomic E-state index is 13.7. The lowest BCUT2D eigenvalue weighted by Crippen LogP contribution is -2.46. The van der Waals surface area contributed by atoms with Gasteiger partial charge in [-0.05, 0) is 46.7 Å². The Morgan fingerprint density at radius 2 is 1.95 bits per heavy atom. The van der Waals surface area contributed by atoms with E-state index < -0.39 is 41.9 Å². The van der Waals surface area contributed by atoms with Gasteiger partial charge in [-0.2, -0.15) is 5.16 Å². The van der Waals surface area contributed by atoms with E-state index in [1.807, 2.05) is 26.8 Å². The number of fused-ring (bicyclic) bond motifs is 1. The summed E-state index contributed by atoms with van der Waals surface area (Å²) in [5, 5.41) is 4.99. The molecule has 1 unspecified atom stereocenters. The van der Waals surface area contributed by atoms with Gasteiger partial charge in [-0.3, -0.25) is 14.4 Å². The Morgan fingerprint density at radius 3 is 2.59 bits per heavy atom. The van der Waals surface area contributed by atoms with E-state index in [0.29, 0.717) is 29.0 Å². The number of carbonyl (C=O) groups excluding carboxylic acids is 2. The Hall–Kier alpha value is -4.15. The first kappa shape index (κ1) is 27.9. The van der Waals surface area contributed by atoms with E-state index in [9.17, 15) is 23.2 Å². The highest BCUT2D eigenvalue weighted by Gasteiger charge is 2.36. The number of nitrogens with zero attached hydrogens (tertiary/aromatic N) is 1. The Morgan fingerprint density at radius 1 is 1.18 bits per heavy atom. The first-order valence-corrected chi connectivity index (χ1v) is 12.5. The van der Waals surface area contributed by atoms with E-state index in [2.05, 4.69) is 10.5 Å². The second-order valence-electron chi connectivity index (χ2n) is 10.3. The lowest BCUT2D eigenvalue weighted by Gasteiger charge is -2.36. The Balaban J connectivity index is 1.66. The molecule has 2 aromatic carbocycles. The minimum absolute atomic E-state index is 0.156. The molecule has 9 nitrogen and oxygen atoms in total. The third kappa shape index (κ3) is 6.47. The molecule has 11 heteroatoms. The number of benzene rings is 2. The summed E-state index contributed by atoms with van der Waals surface area (Å²) in [6.45, 7) is 5.25. The number of methoxy groups -OCH3 is 1. The van der Waals surface area contributed by atoms with Gasteiger partial charge >= 0.3 is 0 Å². The van der Waals surface area contributed by atoms with Crippen molar-refractivity contribution in [2.24, 2.45) is 0 Å². The number of ether oxygens (including phenoxy) is 2. The number of carbonyl (C=O) groups is 2. The molecule has 1 atom stereocenters. The number of aromatic nitrogens is 1. The maximum Gasteiger partial charge on any atom is 0.280 e. The highest BCUT2D eigenvalue weighted by Crippen LogP contribution is 2.36. The van der Waals surface area contributed by atoms with Crippen molar-refractivity contribution >= 4 is 17.5 Å². The van der Waals surface area contributed by atoms with Crippen molar-refractivity contribution in [2.45, 2.75) is 51.5 Å². The molecule has 0 spiro atoms. The number of anilines is 1. The van der Waals surface area contributed by atoms with Crippen LogP contribution in [0.1, 0.15) is 49.3 Å². The van der Waals surface area contributed by atoms with Gasteiger partial charge < -0.3 is 24.2 Å². The Bertz CT molecular complexity index is 1410. The highest BCUT2D eigenvalue weighted by atomic mass is 19.3. The zero-order valence-corrected chi connectivity index (χ0v) is 22.2. The summed E-state index contributed by atoms with van der Waals surface area (Å²) in [7, 11) is 1.55. The van der Waals surface area contributed by atoms with E-state index in [0.717, 1.165) is 5.56 Å². The summed E-state index contributed by atoms with van der Waals surface area (Å²) in [6.07, 6.45) is -2.37. The molecule has 0 radical (unpaired) electrons. The van der Waals surface area contributed by atoms with Crippen LogP contribution < -0.4 is 20.3 Å². The van der Waals surface area contributed by atoms with Crippen molar-refractivity contribution in [1.29, 1.82) is 0 Å². The SMILES string of the molecule is COc1ccc2c(c1)CCN(C(=O)Cc1cc(=O)[nH]o1)C2C(=O)Nc1ccc(C(C)(C)C)c(OCC(F)F)c1. The molecule has 3 aromatic rings. The molecular formula is C28H31F2N3O6. The van der Waals surface area contributed by atoms with E-state index in [1.54, 1.807) is 31.4 Å². The average Bonchev–Trinajstić information content (AvgIpc) is 3.29. The molecule has 0 aliphatic carbocycles. The van der Waals surface area contributed by atoms with Gasteiger partial charge in [0, 0.05) is 24.4 Å². The number of hydrogen-bond donors (Lipinski definition) is 2. The fourth-order valence-corrected chi connectivity index (χ4v) is 4.64. The number of amides is 2. The molecule has 0 fully saturated rings. The molecule has 1 aromatic heterocycles. The first-order chi connectivity index (χ1) is 18.5. The number of alkyl halides is 2. The summed E-state index contributed by atoms with van der Waals surface area (Å²) in [5.74, 6) is 0.130. The van der Waals surface area contributed by atoms with Crippen LogP contribution in [0.15, 0.2) is 51.8 Å². The van der Waals surface area contributed by atoms with Gasteiger partial charge in [0.25, 0.3) is 17.9 Å². The highest BCUT2D eigenvalue weighted by molar-refractivity contribution is 5.98. The number of halogens is 2. The Kier molecular flexibility index (Phi) is 8.08. The molecule has 2 amide bonds. The van der Waals surface area contributed by atoms with Crippen molar-refractivity contribution in [2.75, 3.05) is 25.6 Å². The molecule has 1 aliphatic rings. The molecule has 0 bridgehead atoms. The number of hydrogen-bond acceptors (Lipinski definition) is 6. The average molecular weight is 544 g/mol. The third-order valence-corrected chi connectivity index (χ3v) is 6.47. The summed E-state index contributed by atoms with van der Waals surface area (Å²) in [5.41, 5.74) is 1.67. The topological polar surface area (TPSA) is 114 Å². The van der Waals surface area contributed by atoms with Crippen LogP contribution in [0, 0.1) is 0 Å². The summed E-state index contributed by atoms with van der Waals surface area (Å²) < 4.78 is 41.6. The van der Waals surface area contributed by atoms with Gasteiger partial charge in [0.2, 0.25) is 5.91 Å². The molecule has 39 heavy (non-hydrogen) atoms. The van der Waals surface area contributed by atoms with Crippen molar-refractivity contribution in [3.63, 3.8) is 0 Å². The van der Waals surface area contributed by atoms with Crippen molar-refractivity contribution in [1.82, 2.24) is 10.1 Å². The third-order valence-electron chi connectivity index (χ3n) is 6.47. The fraction of sp³-hybridized carbons (Fsp3) is 0.393. The smallest absolute Gasteiger partial charge is 0.280 e. The second kappa shape index (κ2) is 11.3. The fourth-order valence-electron chi connectivity index (χ4n) is 4.64. The van der Waals surface area contributed by atoms with Gasteiger partial charge in [0.15, 0.2) is 0 Å². The predicted molar refractivity (Wildman–Crippen MR) is 139 cm³/mol. The summed E-state index contributed by atoms with van der Waals surface area (Å²) >= 11 is 0. The quantitative estimate of drug-likeness (QED) is 0.440. The second-order valence-corrected chi connectivity index (χ2v) is 10.3. The van der Waals surface area contributed by atoms with Crippen molar-refractivity contribution < 1.29 is 32.4 Å². The Labute approximate surface area is 224 Å². The zero-order chi connectivity index (χ0) is 28.3. The summed E-state index contributed by atoms with van der Waals surface area (Å²) in [6, 6.07) is 10.4. The number of aromatic amines is 1. The lowest BCUT2D eigenvalue weighted by molar-refractivity contribution is -0.139. The largest absolute Gasteiger partial charge is 0.497 e. The summed E-state index contributed by atoms with van der Waals surface area (Å²) in [4.78, 5) is 39.9. The van der Waals surface area contributed by atoms with Gasteiger partial charge in [0.05, 0.1) is 13.5 Å². The van der Waals surface area contributed by atoms with Gasteiger partial charge in [0.1, 0.15) is 29.9 Å². The molecule has 4 rings (SSSR count). The van der Waals surface area contributed by atoms with E-state index in [1.165, 1.54) is 17.0 Å². The number of rotatable bonds is 8. The van der Waals surface area contributed by atoms with Gasteiger partial charge in [-0.25, -0.2) is 8.78 Å². The molecule has 2 N–H and O–H groups in total. The van der Waals surface area contributed by atoms with Crippen LogP contribution >= 0.6 is 0 Å². The number of H-pyrrole nitrogens is 1. The van der Waals surface area contributed by atoms with Crippen molar-refractivity contribution in [3.05, 3.63) is 75.3 Å². The molecule has 2 heterocycles. The predicted octanol–water partition coefficient (Wildman–Crippen LogP) is 4.23. The van der Waals surface area contributed by atoms with Crippen LogP contribution in [0.5, 0.6) is 11.5 Å². The van der Waals surface area contributed by atoms with Crippen LogP contribution in [0.25, 0.3) is 0 Å². The number of nitrogens with one attached hydrogen (secondary N) is 2. The van der Waals surface area contributed by atoms with Crippen LogP contribution in [0.3, 0.4) is 0 Å². The molecule has 0 saturated heterocycles. The first-order valence-electron chi connectivity index (χ1n) is 12.5. The maximum absolute atomic E-state index is 13.7. The van der Waals surface area contributed by atoms with E-state index in [4.69, 9.17) is 14.0 Å². The van der Waals surface area contributed by atoms with Crippen LogP contribution in [-0.2, 0) is 27.8 Å². The van der Waals surface area contributed by atoms with E-state index in [-0.39, 0.29) is 24.5 Å². The molecule has 0 saturated carbocycles. The van der Waals surface area contributed by atoms with E-state index >= 15 is 0 Å². The van der Waals surface area contributed by atoms with Gasteiger partial charge in [-0.1, -0.05) is 32.9 Å². The lowest BCUT2D eigenvalue weighted by atomic mass is 9.86. The van der Waals surface area contributed by atoms with Crippen LogP contribution in [-0.4, -0.2) is 48.6 Å². The minimum atomic E-state index is -2.66. The monoisotopic (exact) mass is 543 g/mol. The van der Waals surface area contributed by atoms with Crippen LogP contribution in [0.4, 0.5) is 14.5 Å². The molecule has 208 valence electrons. The minimum Gasteiger partial charge on any atom is -0.497 e. The molecular weight excluding hydrogens is 512 g/mol. The van der Waals surface area contributed by atoms with Crippen molar-refractivity contribution in [3.8, 4) is 11.5 Å².